The second-order valence-corrected chi connectivity index (χ2v) is 4.85. The Hall–Kier alpha value is -0.830. The lowest BCUT2D eigenvalue weighted by atomic mass is 10.2. The zero-order valence-corrected chi connectivity index (χ0v) is 9.49. The summed E-state index contributed by atoms with van der Waals surface area (Å²) in [5.41, 5.74) is 1.27. The molecular weight excluding hydrogens is 194 g/mol. The van der Waals surface area contributed by atoms with Gasteiger partial charge in [-0.2, -0.15) is 0 Å². The third-order valence-corrected chi connectivity index (χ3v) is 4.07. The van der Waals surface area contributed by atoms with E-state index in [0.29, 0.717) is 0 Å². The molecule has 0 unspecified atom stereocenters. The van der Waals surface area contributed by atoms with E-state index in [9.17, 15) is 4.79 Å². The van der Waals surface area contributed by atoms with Crippen LogP contribution in [0, 0.1) is 6.92 Å². The fourth-order valence-electron chi connectivity index (χ4n) is 1.65. The van der Waals surface area contributed by atoms with Crippen molar-refractivity contribution in [1.82, 2.24) is 4.90 Å². The van der Waals surface area contributed by atoms with Gasteiger partial charge in [0.25, 0.3) is 5.91 Å². The third-order valence-electron chi connectivity index (χ3n) is 2.70. The van der Waals surface area contributed by atoms with Gasteiger partial charge in [0.1, 0.15) is 0 Å². The number of carbonyl (C=O) groups is 1. The third kappa shape index (κ3) is 1.57. The van der Waals surface area contributed by atoms with Crippen molar-refractivity contribution < 1.29 is 4.79 Å². The Morgan fingerprint density at radius 2 is 2.29 bits per heavy atom. The van der Waals surface area contributed by atoms with Crippen molar-refractivity contribution in [3.8, 4) is 0 Å². The topological polar surface area (TPSA) is 20.3 Å². The first-order valence-corrected chi connectivity index (χ1v) is 5.92. The zero-order valence-electron chi connectivity index (χ0n) is 8.67. The summed E-state index contributed by atoms with van der Waals surface area (Å²) < 4.78 is 0. The number of nitrogens with zero attached hydrogens (tertiary/aromatic N) is 1. The molecule has 0 saturated carbocycles. The molecule has 76 valence electrons. The molecule has 0 aliphatic carbocycles. The Labute approximate surface area is 88.5 Å². The van der Waals surface area contributed by atoms with Crippen LogP contribution in [0.25, 0.3) is 0 Å². The molecule has 2 nitrogen and oxygen atoms in total. The molecule has 14 heavy (non-hydrogen) atoms. The molecule has 0 radical (unpaired) electrons. The van der Waals surface area contributed by atoms with Gasteiger partial charge < -0.3 is 4.90 Å². The summed E-state index contributed by atoms with van der Waals surface area (Å²) in [7, 11) is 0. The van der Waals surface area contributed by atoms with E-state index < -0.39 is 0 Å². The smallest absolute Gasteiger partial charge is 0.263 e. The SMILES string of the molecule is CCc1sc(C(=O)N2CCC2)cc1C. The molecule has 2 heterocycles. The fourth-order valence-corrected chi connectivity index (χ4v) is 2.73. The highest BCUT2D eigenvalue weighted by Gasteiger charge is 2.23. The summed E-state index contributed by atoms with van der Waals surface area (Å²) >= 11 is 1.65. The van der Waals surface area contributed by atoms with Gasteiger partial charge in [0.2, 0.25) is 0 Å². The molecule has 0 spiro atoms. The maximum Gasteiger partial charge on any atom is 0.263 e. The molecule has 0 aromatic carbocycles. The van der Waals surface area contributed by atoms with E-state index in [4.69, 9.17) is 0 Å². The van der Waals surface area contributed by atoms with Crippen LogP contribution in [-0.2, 0) is 6.42 Å². The van der Waals surface area contributed by atoms with Crippen LogP contribution in [0.5, 0.6) is 0 Å². The number of likely N-dealkylation sites (tertiary alicyclic amines) is 1. The number of rotatable bonds is 2. The second kappa shape index (κ2) is 3.73. The Balaban J connectivity index is 2.18. The van der Waals surface area contributed by atoms with Crippen molar-refractivity contribution >= 4 is 17.2 Å². The molecular formula is C11H15NOS. The lowest BCUT2D eigenvalue weighted by Crippen LogP contribution is -2.41. The van der Waals surface area contributed by atoms with Crippen LogP contribution in [-0.4, -0.2) is 23.9 Å². The normalized spacial score (nSPS) is 15.4. The lowest BCUT2D eigenvalue weighted by molar-refractivity contribution is 0.0657. The first-order chi connectivity index (χ1) is 6.72. The zero-order chi connectivity index (χ0) is 10.1. The molecule has 0 bridgehead atoms. The number of thiophene rings is 1. The van der Waals surface area contributed by atoms with Crippen molar-refractivity contribution in [1.29, 1.82) is 0 Å². The summed E-state index contributed by atoms with van der Waals surface area (Å²) in [6.45, 7) is 6.10. The number of hydrogen-bond acceptors (Lipinski definition) is 2. The average Bonchev–Trinajstić information content (AvgIpc) is 2.43. The molecule has 1 aromatic heterocycles. The van der Waals surface area contributed by atoms with Crippen molar-refractivity contribution in [2.45, 2.75) is 26.7 Å². The Bertz CT molecular complexity index is 352. The van der Waals surface area contributed by atoms with E-state index >= 15 is 0 Å². The summed E-state index contributed by atoms with van der Waals surface area (Å²) in [5, 5.41) is 0. The van der Waals surface area contributed by atoms with E-state index in [1.165, 1.54) is 10.4 Å². The van der Waals surface area contributed by atoms with Crippen LogP contribution in [0.3, 0.4) is 0 Å². The Kier molecular flexibility index (Phi) is 2.59. The van der Waals surface area contributed by atoms with Crippen LogP contribution in [0.4, 0.5) is 0 Å². The summed E-state index contributed by atoms with van der Waals surface area (Å²) in [5.74, 6) is 0.226. The first kappa shape index (κ1) is 9.71. The van der Waals surface area contributed by atoms with Gasteiger partial charge in [0.05, 0.1) is 4.88 Å². The van der Waals surface area contributed by atoms with E-state index in [0.717, 1.165) is 30.8 Å². The van der Waals surface area contributed by atoms with E-state index in [2.05, 4.69) is 13.8 Å². The van der Waals surface area contributed by atoms with Crippen LogP contribution < -0.4 is 0 Å². The van der Waals surface area contributed by atoms with Crippen molar-refractivity contribution in [3.05, 3.63) is 21.4 Å². The summed E-state index contributed by atoms with van der Waals surface area (Å²) in [6, 6.07) is 2.03. The first-order valence-electron chi connectivity index (χ1n) is 5.11. The van der Waals surface area contributed by atoms with E-state index in [-0.39, 0.29) is 5.91 Å². The van der Waals surface area contributed by atoms with Crippen LogP contribution in [0.2, 0.25) is 0 Å². The van der Waals surface area contributed by atoms with Crippen molar-refractivity contribution in [2.24, 2.45) is 0 Å². The van der Waals surface area contributed by atoms with Gasteiger partial charge >= 0.3 is 0 Å². The molecule has 2 rings (SSSR count). The monoisotopic (exact) mass is 209 g/mol. The van der Waals surface area contributed by atoms with Gasteiger partial charge in [-0.15, -0.1) is 11.3 Å². The molecule has 1 saturated heterocycles. The Morgan fingerprint density at radius 1 is 1.57 bits per heavy atom. The standard InChI is InChI=1S/C11H15NOS/c1-3-9-8(2)7-10(14-9)11(13)12-5-4-6-12/h7H,3-6H2,1-2H3. The molecule has 0 N–H and O–H groups in total. The minimum Gasteiger partial charge on any atom is -0.338 e. The maximum absolute atomic E-state index is 11.8. The van der Waals surface area contributed by atoms with Gasteiger partial charge in [0.15, 0.2) is 0 Å². The maximum atomic E-state index is 11.8. The minimum absolute atomic E-state index is 0.226. The minimum atomic E-state index is 0.226. The largest absolute Gasteiger partial charge is 0.338 e. The quantitative estimate of drug-likeness (QED) is 0.732. The van der Waals surface area contributed by atoms with Gasteiger partial charge in [-0.25, -0.2) is 0 Å². The molecule has 1 fully saturated rings. The predicted octanol–water partition coefficient (Wildman–Crippen LogP) is 2.46. The molecule has 1 aromatic rings. The van der Waals surface area contributed by atoms with Gasteiger partial charge in [-0.05, 0) is 31.4 Å². The second-order valence-electron chi connectivity index (χ2n) is 3.72. The van der Waals surface area contributed by atoms with Crippen LogP contribution >= 0.6 is 11.3 Å². The van der Waals surface area contributed by atoms with Crippen molar-refractivity contribution in [2.75, 3.05) is 13.1 Å². The van der Waals surface area contributed by atoms with E-state index in [1.54, 1.807) is 11.3 Å². The fraction of sp³-hybridized carbons (Fsp3) is 0.545. The number of aryl methyl sites for hydroxylation is 2. The molecule has 0 atom stereocenters. The van der Waals surface area contributed by atoms with Gasteiger partial charge in [0, 0.05) is 18.0 Å². The Morgan fingerprint density at radius 3 is 2.71 bits per heavy atom. The number of amides is 1. The number of carbonyl (C=O) groups excluding carboxylic acids is 1. The average molecular weight is 209 g/mol. The van der Waals surface area contributed by atoms with E-state index in [1.807, 2.05) is 11.0 Å². The lowest BCUT2D eigenvalue weighted by Gasteiger charge is -2.30. The number of hydrogen-bond donors (Lipinski definition) is 0. The van der Waals surface area contributed by atoms with Gasteiger partial charge in [-0.3, -0.25) is 4.79 Å². The summed E-state index contributed by atoms with van der Waals surface area (Å²) in [4.78, 5) is 16.0. The highest BCUT2D eigenvalue weighted by atomic mass is 32.1. The van der Waals surface area contributed by atoms with Crippen LogP contribution in [0.1, 0.15) is 33.5 Å². The molecule has 1 aliphatic rings. The molecule has 1 aliphatic heterocycles. The highest BCUT2D eigenvalue weighted by molar-refractivity contribution is 7.14. The predicted molar refractivity (Wildman–Crippen MR) is 59.0 cm³/mol. The molecule has 1 amide bonds. The highest BCUT2D eigenvalue weighted by Crippen LogP contribution is 2.24. The van der Waals surface area contributed by atoms with Gasteiger partial charge in [-0.1, -0.05) is 6.92 Å². The summed E-state index contributed by atoms with van der Waals surface area (Å²) in [6.07, 6.45) is 2.19. The molecule has 3 heteroatoms. The van der Waals surface area contributed by atoms with Crippen molar-refractivity contribution in [3.63, 3.8) is 0 Å². The van der Waals surface area contributed by atoms with Crippen LogP contribution in [0.15, 0.2) is 6.07 Å².